The minimum Gasteiger partial charge on any atom is -0.387 e. The molecule has 2 aliphatic rings. The minimum absolute atomic E-state index is 0.231. The Labute approximate surface area is 177 Å². The van der Waals surface area contributed by atoms with Gasteiger partial charge in [0.2, 0.25) is 5.91 Å². The van der Waals surface area contributed by atoms with Gasteiger partial charge < -0.3 is 14.9 Å². The van der Waals surface area contributed by atoms with Gasteiger partial charge in [-0.3, -0.25) is 4.79 Å². The third kappa shape index (κ3) is 3.48. The minimum atomic E-state index is -0.637. The van der Waals surface area contributed by atoms with Crippen LogP contribution in [-0.2, 0) is 4.79 Å². The van der Waals surface area contributed by atoms with E-state index >= 15 is 0 Å². The van der Waals surface area contributed by atoms with Crippen LogP contribution < -0.4 is 4.90 Å². The van der Waals surface area contributed by atoms with Gasteiger partial charge in [-0.1, -0.05) is 6.07 Å². The molecule has 156 valence electrons. The average molecular weight is 427 g/mol. The summed E-state index contributed by atoms with van der Waals surface area (Å²) in [6, 6.07) is 5.53. The van der Waals surface area contributed by atoms with Crippen molar-refractivity contribution in [1.29, 1.82) is 0 Å². The number of carbonyl (C=O) groups excluding carboxylic acids is 1. The number of nitrogens with zero attached hydrogens (tertiary/aromatic N) is 8. The molecule has 5 rings (SSSR count). The molecule has 0 bridgehead atoms. The van der Waals surface area contributed by atoms with Gasteiger partial charge in [-0.05, 0) is 66.4 Å². The molecule has 3 aromatic heterocycles. The van der Waals surface area contributed by atoms with Crippen LogP contribution >= 0.6 is 11.5 Å². The number of likely N-dealkylation sites (tertiary alicyclic amines) is 1. The van der Waals surface area contributed by atoms with E-state index in [0.717, 1.165) is 49.5 Å². The number of carbonyl (C=O) groups is 1. The lowest BCUT2D eigenvalue weighted by Gasteiger charge is -2.38. The normalized spacial score (nSPS) is 20.2. The lowest BCUT2D eigenvalue weighted by molar-refractivity contribution is -0.128. The highest BCUT2D eigenvalue weighted by Crippen LogP contribution is 2.43. The Kier molecular flexibility index (Phi) is 5.01. The number of amides is 1. The molecule has 3 aromatic rings. The summed E-state index contributed by atoms with van der Waals surface area (Å²) in [4.78, 5) is 21.5. The number of hydrogen-bond donors (Lipinski definition) is 1. The molecule has 11 heteroatoms. The van der Waals surface area contributed by atoms with E-state index in [1.807, 2.05) is 17.0 Å². The number of aliphatic hydroxyl groups is 1. The smallest absolute Gasteiger partial charge is 0.234 e. The van der Waals surface area contributed by atoms with Crippen LogP contribution in [0.25, 0.3) is 5.82 Å². The van der Waals surface area contributed by atoms with Crippen molar-refractivity contribution < 1.29 is 9.90 Å². The standard InChI is InChI=1S/C19H22N8O2S/c28-15(14-1-2-16(20-11-14)27-13-21-23-24-27)12-25-8-4-19(5-9-25)6-10-26(18(19)29)17-3-7-22-30-17/h1-3,7,11,13,15,28H,4-6,8-10,12H2/t15-/m0/s1. The molecule has 2 fully saturated rings. The van der Waals surface area contributed by atoms with Gasteiger partial charge in [0.05, 0.1) is 11.5 Å². The molecular weight excluding hydrogens is 404 g/mol. The molecule has 1 amide bonds. The van der Waals surface area contributed by atoms with E-state index in [4.69, 9.17) is 0 Å². The van der Waals surface area contributed by atoms with Crippen LogP contribution in [0.5, 0.6) is 0 Å². The quantitative estimate of drug-likeness (QED) is 0.645. The van der Waals surface area contributed by atoms with Crippen molar-refractivity contribution in [2.24, 2.45) is 5.41 Å². The molecule has 30 heavy (non-hydrogen) atoms. The number of piperidine rings is 1. The fourth-order valence-electron chi connectivity index (χ4n) is 4.35. The second-order valence-corrected chi connectivity index (χ2v) is 8.67. The summed E-state index contributed by atoms with van der Waals surface area (Å²) in [7, 11) is 0. The van der Waals surface area contributed by atoms with E-state index in [-0.39, 0.29) is 11.3 Å². The number of β-amino-alcohol motifs (C(OH)–C–C–N with tert-alkyl or cyclic N) is 1. The Bertz CT molecular complexity index is 984. The third-order valence-corrected chi connectivity index (χ3v) is 6.96. The Morgan fingerprint density at radius 2 is 2.00 bits per heavy atom. The maximum atomic E-state index is 13.1. The molecule has 0 unspecified atom stereocenters. The van der Waals surface area contributed by atoms with Gasteiger partial charge in [0.25, 0.3) is 0 Å². The zero-order chi connectivity index (χ0) is 20.6. The van der Waals surface area contributed by atoms with E-state index < -0.39 is 6.10 Å². The zero-order valence-corrected chi connectivity index (χ0v) is 17.1. The summed E-state index contributed by atoms with van der Waals surface area (Å²) in [6.45, 7) is 2.89. The first-order valence-corrected chi connectivity index (χ1v) is 10.7. The second kappa shape index (κ2) is 7.82. The van der Waals surface area contributed by atoms with Crippen molar-refractivity contribution in [3.05, 3.63) is 42.5 Å². The van der Waals surface area contributed by atoms with Gasteiger partial charge in [0.1, 0.15) is 11.3 Å². The Hall–Kier alpha value is -2.76. The van der Waals surface area contributed by atoms with Crippen molar-refractivity contribution in [2.75, 3.05) is 31.1 Å². The summed E-state index contributed by atoms with van der Waals surface area (Å²) >= 11 is 1.37. The number of rotatable bonds is 5. The molecule has 1 atom stereocenters. The highest BCUT2D eigenvalue weighted by molar-refractivity contribution is 7.10. The van der Waals surface area contributed by atoms with E-state index in [0.29, 0.717) is 12.4 Å². The third-order valence-electron chi connectivity index (χ3n) is 6.19. The molecule has 2 saturated heterocycles. The molecule has 1 N–H and O–H groups in total. The molecule has 0 radical (unpaired) electrons. The Morgan fingerprint density at radius 3 is 2.67 bits per heavy atom. The van der Waals surface area contributed by atoms with Crippen molar-refractivity contribution in [2.45, 2.75) is 25.4 Å². The number of tetrazole rings is 1. The number of hydrogen-bond acceptors (Lipinski definition) is 9. The van der Waals surface area contributed by atoms with Crippen LogP contribution in [0.15, 0.2) is 36.9 Å². The second-order valence-electron chi connectivity index (χ2n) is 7.86. The average Bonchev–Trinajstić information content (AvgIpc) is 3.53. The molecule has 10 nitrogen and oxygen atoms in total. The molecular formula is C19H22N8O2S. The number of aromatic nitrogens is 6. The van der Waals surface area contributed by atoms with Gasteiger partial charge in [-0.25, -0.2) is 4.98 Å². The van der Waals surface area contributed by atoms with Crippen LogP contribution in [0.3, 0.4) is 0 Å². The summed E-state index contributed by atoms with van der Waals surface area (Å²) in [5, 5.41) is 22.6. The summed E-state index contributed by atoms with van der Waals surface area (Å²) in [5.74, 6) is 0.829. The monoisotopic (exact) mass is 426 g/mol. The maximum absolute atomic E-state index is 13.1. The molecule has 0 aromatic carbocycles. The number of pyridine rings is 1. The predicted molar refractivity (Wildman–Crippen MR) is 109 cm³/mol. The summed E-state index contributed by atoms with van der Waals surface area (Å²) in [6.07, 6.45) is 6.77. The number of aliphatic hydroxyl groups excluding tert-OH is 1. The van der Waals surface area contributed by atoms with Crippen LogP contribution in [0.4, 0.5) is 5.00 Å². The van der Waals surface area contributed by atoms with Gasteiger partial charge in [0, 0.05) is 31.0 Å². The van der Waals surface area contributed by atoms with Gasteiger partial charge in [0.15, 0.2) is 5.82 Å². The lowest BCUT2D eigenvalue weighted by atomic mass is 9.77. The fourth-order valence-corrected chi connectivity index (χ4v) is 4.98. The molecule has 0 aliphatic carbocycles. The topological polar surface area (TPSA) is 113 Å². The Morgan fingerprint density at radius 1 is 1.17 bits per heavy atom. The van der Waals surface area contributed by atoms with E-state index in [9.17, 15) is 9.90 Å². The largest absolute Gasteiger partial charge is 0.387 e. The van der Waals surface area contributed by atoms with Crippen LogP contribution in [-0.4, -0.2) is 71.7 Å². The predicted octanol–water partition coefficient (Wildman–Crippen LogP) is 1.07. The Balaban J connectivity index is 1.18. The van der Waals surface area contributed by atoms with E-state index in [1.54, 1.807) is 18.5 Å². The SMILES string of the molecule is O=C1N(c2ccns2)CCC12CCN(C[C@H](O)c1ccc(-n3cnnn3)nc1)CC2. The molecule has 5 heterocycles. The fraction of sp³-hybridized carbons (Fsp3) is 0.474. The van der Waals surface area contributed by atoms with Crippen LogP contribution in [0, 0.1) is 5.41 Å². The zero-order valence-electron chi connectivity index (χ0n) is 16.3. The van der Waals surface area contributed by atoms with E-state index in [2.05, 4.69) is 29.8 Å². The lowest BCUT2D eigenvalue weighted by Crippen LogP contribution is -2.45. The van der Waals surface area contributed by atoms with Crippen molar-refractivity contribution in [3.63, 3.8) is 0 Å². The molecule has 0 saturated carbocycles. The first-order chi connectivity index (χ1) is 14.6. The van der Waals surface area contributed by atoms with Crippen LogP contribution in [0.1, 0.15) is 30.9 Å². The highest BCUT2D eigenvalue weighted by atomic mass is 32.1. The summed E-state index contributed by atoms with van der Waals surface area (Å²) in [5.41, 5.74) is 0.487. The van der Waals surface area contributed by atoms with Gasteiger partial charge >= 0.3 is 0 Å². The van der Waals surface area contributed by atoms with Crippen molar-refractivity contribution >= 4 is 22.4 Å². The van der Waals surface area contributed by atoms with Gasteiger partial charge in [-0.15, -0.1) is 5.10 Å². The maximum Gasteiger partial charge on any atom is 0.234 e. The number of anilines is 1. The molecule has 1 spiro atoms. The van der Waals surface area contributed by atoms with Gasteiger partial charge in [-0.2, -0.15) is 9.06 Å². The summed E-state index contributed by atoms with van der Waals surface area (Å²) < 4.78 is 5.59. The highest BCUT2D eigenvalue weighted by Gasteiger charge is 2.48. The van der Waals surface area contributed by atoms with Crippen molar-refractivity contribution in [3.8, 4) is 5.82 Å². The molecule has 2 aliphatic heterocycles. The van der Waals surface area contributed by atoms with Crippen molar-refractivity contribution in [1.82, 2.24) is 34.5 Å². The van der Waals surface area contributed by atoms with E-state index in [1.165, 1.54) is 22.5 Å². The van der Waals surface area contributed by atoms with Crippen LogP contribution in [0.2, 0.25) is 0 Å². The first kappa shape index (κ1) is 19.2. The first-order valence-electron chi connectivity index (χ1n) is 9.97.